The smallest absolute Gasteiger partial charge is 0.341 e. The number of carbonyl (C=O) groups is 1. The van der Waals surface area contributed by atoms with Crippen LogP contribution >= 0.6 is 0 Å². The van der Waals surface area contributed by atoms with Crippen LogP contribution in [0.4, 0.5) is 0 Å². The molecule has 0 bridgehead atoms. The van der Waals surface area contributed by atoms with Gasteiger partial charge in [0, 0.05) is 5.92 Å². The van der Waals surface area contributed by atoms with Gasteiger partial charge in [-0.05, 0) is 24.8 Å². The van der Waals surface area contributed by atoms with Crippen LogP contribution in [0, 0.1) is 5.92 Å². The minimum absolute atomic E-state index is 0.351. The second-order valence-electron chi connectivity index (χ2n) is 4.40. The first-order valence-electron chi connectivity index (χ1n) is 5.83. The molecule has 0 aromatic heterocycles. The van der Waals surface area contributed by atoms with E-state index in [-0.39, 0.29) is 5.92 Å². The van der Waals surface area contributed by atoms with Gasteiger partial charge in [-0.25, -0.2) is 4.79 Å². The summed E-state index contributed by atoms with van der Waals surface area (Å²) in [4.78, 5) is 11.4. The number of rotatable bonds is 3. The molecule has 1 aromatic rings. The molecule has 2 N–H and O–H groups in total. The number of carboxylic acid groups (broad SMARTS) is 1. The second kappa shape index (κ2) is 4.72. The molecule has 1 aliphatic rings. The highest BCUT2D eigenvalue weighted by atomic mass is 16.4. The molecule has 0 radical (unpaired) electrons. The summed E-state index contributed by atoms with van der Waals surface area (Å²) in [6.45, 7) is 0. The van der Waals surface area contributed by atoms with Gasteiger partial charge >= 0.3 is 5.97 Å². The van der Waals surface area contributed by atoms with Crippen LogP contribution < -0.4 is 0 Å². The highest BCUT2D eigenvalue weighted by molar-refractivity contribution is 5.80. The van der Waals surface area contributed by atoms with E-state index >= 15 is 0 Å². The lowest BCUT2D eigenvalue weighted by atomic mass is 9.76. The summed E-state index contributed by atoms with van der Waals surface area (Å²) < 4.78 is 0. The molecule has 0 fully saturated rings. The normalized spacial score (nSPS) is 23.0. The molecule has 0 heterocycles. The summed E-state index contributed by atoms with van der Waals surface area (Å²) >= 11 is 0. The Morgan fingerprint density at radius 3 is 2.53 bits per heavy atom. The van der Waals surface area contributed by atoms with Gasteiger partial charge in [0.25, 0.3) is 0 Å². The third-order valence-corrected chi connectivity index (χ3v) is 3.33. The minimum atomic E-state index is -1.81. The molecule has 1 aliphatic carbocycles. The Hall–Kier alpha value is -1.61. The summed E-state index contributed by atoms with van der Waals surface area (Å²) in [6.07, 6.45) is 6.36. The molecular weight excluding hydrogens is 216 g/mol. The van der Waals surface area contributed by atoms with Gasteiger partial charge in [0.2, 0.25) is 0 Å². The molecule has 3 heteroatoms. The Balaban J connectivity index is 2.42. The average Bonchev–Trinajstić information content (AvgIpc) is 2.39. The van der Waals surface area contributed by atoms with E-state index in [1.165, 1.54) is 0 Å². The van der Waals surface area contributed by atoms with Crippen LogP contribution in [-0.2, 0) is 10.4 Å². The number of carboxylic acids is 1. The van der Waals surface area contributed by atoms with Gasteiger partial charge in [-0.3, -0.25) is 0 Å². The third kappa shape index (κ3) is 2.11. The number of allylic oxidation sites excluding steroid dienone is 1. The van der Waals surface area contributed by atoms with E-state index < -0.39 is 11.6 Å². The molecule has 2 atom stereocenters. The standard InChI is InChI=1S/C14H16O3/c15-13(16)14(17,11-7-3-1-4-8-11)12-9-5-2-6-10-12/h1,3-5,7-9,12,17H,2,6,10H2,(H,15,16). The molecule has 0 amide bonds. The Labute approximate surface area is 100 Å². The largest absolute Gasteiger partial charge is 0.479 e. The lowest BCUT2D eigenvalue weighted by Crippen LogP contribution is -2.42. The maximum absolute atomic E-state index is 11.4. The summed E-state index contributed by atoms with van der Waals surface area (Å²) in [5.74, 6) is -1.53. The molecule has 17 heavy (non-hydrogen) atoms. The lowest BCUT2D eigenvalue weighted by Gasteiger charge is -2.32. The van der Waals surface area contributed by atoms with Crippen molar-refractivity contribution in [3.8, 4) is 0 Å². The fourth-order valence-electron chi connectivity index (χ4n) is 2.35. The van der Waals surface area contributed by atoms with Crippen LogP contribution in [0.5, 0.6) is 0 Å². The molecule has 0 saturated carbocycles. The number of aliphatic carboxylic acids is 1. The predicted molar refractivity (Wildman–Crippen MR) is 64.5 cm³/mol. The van der Waals surface area contributed by atoms with Crippen molar-refractivity contribution < 1.29 is 15.0 Å². The van der Waals surface area contributed by atoms with Crippen LogP contribution in [0.3, 0.4) is 0 Å². The van der Waals surface area contributed by atoms with Crippen molar-refractivity contribution in [1.29, 1.82) is 0 Å². The molecule has 90 valence electrons. The van der Waals surface area contributed by atoms with E-state index in [1.54, 1.807) is 24.3 Å². The Morgan fingerprint density at radius 1 is 1.29 bits per heavy atom. The number of benzene rings is 1. The molecule has 2 unspecified atom stereocenters. The van der Waals surface area contributed by atoms with Gasteiger partial charge < -0.3 is 10.2 Å². The van der Waals surface area contributed by atoms with E-state index in [2.05, 4.69) is 0 Å². The number of hydrogen-bond donors (Lipinski definition) is 2. The summed E-state index contributed by atoms with van der Waals surface area (Å²) in [6, 6.07) is 8.63. The van der Waals surface area contributed by atoms with Gasteiger partial charge in [-0.15, -0.1) is 0 Å². The highest BCUT2D eigenvalue weighted by Gasteiger charge is 2.44. The third-order valence-electron chi connectivity index (χ3n) is 3.33. The monoisotopic (exact) mass is 232 g/mol. The van der Waals surface area contributed by atoms with Crippen molar-refractivity contribution in [3.63, 3.8) is 0 Å². The highest BCUT2D eigenvalue weighted by Crippen LogP contribution is 2.36. The molecular formula is C14H16O3. The van der Waals surface area contributed by atoms with Crippen molar-refractivity contribution in [2.24, 2.45) is 5.92 Å². The zero-order valence-electron chi connectivity index (χ0n) is 9.54. The summed E-state index contributed by atoms with van der Waals surface area (Å²) in [5, 5.41) is 19.9. The fourth-order valence-corrected chi connectivity index (χ4v) is 2.35. The van der Waals surface area contributed by atoms with E-state index in [0.29, 0.717) is 12.0 Å². The Bertz CT molecular complexity index is 424. The molecule has 0 saturated heterocycles. The topological polar surface area (TPSA) is 57.5 Å². The van der Waals surface area contributed by atoms with Crippen LogP contribution in [-0.4, -0.2) is 16.2 Å². The van der Waals surface area contributed by atoms with E-state index in [4.69, 9.17) is 0 Å². The quantitative estimate of drug-likeness (QED) is 0.786. The first-order chi connectivity index (χ1) is 8.15. The Kier molecular flexibility index (Phi) is 3.29. The molecule has 3 nitrogen and oxygen atoms in total. The van der Waals surface area contributed by atoms with Crippen LogP contribution in [0.2, 0.25) is 0 Å². The maximum Gasteiger partial charge on any atom is 0.341 e. The van der Waals surface area contributed by atoms with E-state index in [9.17, 15) is 15.0 Å². The van der Waals surface area contributed by atoms with Gasteiger partial charge in [-0.2, -0.15) is 0 Å². The van der Waals surface area contributed by atoms with Gasteiger partial charge in [0.1, 0.15) is 0 Å². The van der Waals surface area contributed by atoms with Gasteiger partial charge in [0.05, 0.1) is 0 Å². The molecule has 1 aromatic carbocycles. The molecule has 2 rings (SSSR count). The van der Waals surface area contributed by atoms with E-state index in [1.807, 2.05) is 18.2 Å². The first kappa shape index (κ1) is 11.9. The zero-order chi connectivity index (χ0) is 12.3. The molecule has 0 spiro atoms. The first-order valence-corrected chi connectivity index (χ1v) is 5.83. The van der Waals surface area contributed by atoms with Crippen LogP contribution in [0.1, 0.15) is 24.8 Å². The SMILES string of the molecule is O=C(O)C(O)(c1ccccc1)C1C=CCCC1. The van der Waals surface area contributed by atoms with E-state index in [0.717, 1.165) is 12.8 Å². The molecule has 0 aliphatic heterocycles. The van der Waals surface area contributed by atoms with Crippen molar-refractivity contribution >= 4 is 5.97 Å². The summed E-state index contributed by atoms with van der Waals surface area (Å²) in [7, 11) is 0. The number of aliphatic hydroxyl groups is 1. The maximum atomic E-state index is 11.4. The van der Waals surface area contributed by atoms with Crippen LogP contribution in [0.25, 0.3) is 0 Å². The van der Waals surface area contributed by atoms with Crippen LogP contribution in [0.15, 0.2) is 42.5 Å². The van der Waals surface area contributed by atoms with Gasteiger partial charge in [-0.1, -0.05) is 42.5 Å². The Morgan fingerprint density at radius 2 is 2.00 bits per heavy atom. The average molecular weight is 232 g/mol. The summed E-state index contributed by atoms with van der Waals surface area (Å²) in [5.41, 5.74) is -1.36. The van der Waals surface area contributed by atoms with Crippen molar-refractivity contribution in [3.05, 3.63) is 48.0 Å². The van der Waals surface area contributed by atoms with Gasteiger partial charge in [0.15, 0.2) is 5.60 Å². The fraction of sp³-hybridized carbons (Fsp3) is 0.357. The second-order valence-corrected chi connectivity index (χ2v) is 4.40. The lowest BCUT2D eigenvalue weighted by molar-refractivity contribution is -0.165. The predicted octanol–water partition coefficient (Wildman–Crippen LogP) is 2.32. The van der Waals surface area contributed by atoms with Crippen molar-refractivity contribution in [1.82, 2.24) is 0 Å². The number of hydrogen-bond acceptors (Lipinski definition) is 2. The zero-order valence-corrected chi connectivity index (χ0v) is 9.54. The van der Waals surface area contributed by atoms with Crippen molar-refractivity contribution in [2.45, 2.75) is 24.9 Å². The van der Waals surface area contributed by atoms with Crippen molar-refractivity contribution in [2.75, 3.05) is 0 Å². The minimum Gasteiger partial charge on any atom is -0.479 e.